The number of nitrogens with one attached hydrogen (secondary N) is 1. The Morgan fingerprint density at radius 2 is 1.89 bits per heavy atom. The number of hydrogen-bond donors (Lipinski definition) is 1. The first-order valence-electron chi connectivity index (χ1n) is 6.30. The Balaban J connectivity index is 1.75. The molecule has 1 aromatic heterocycles. The van der Waals surface area contributed by atoms with Crippen LogP contribution < -0.4 is 4.90 Å². The van der Waals surface area contributed by atoms with Gasteiger partial charge in [-0.2, -0.15) is 0 Å². The summed E-state index contributed by atoms with van der Waals surface area (Å²) in [5, 5.41) is 0. The third-order valence-corrected chi connectivity index (χ3v) is 3.39. The molecule has 1 radical (unpaired) electrons. The van der Waals surface area contributed by atoms with E-state index in [1.54, 1.807) is 0 Å². The van der Waals surface area contributed by atoms with Crippen LogP contribution in [0.15, 0.2) is 48.5 Å². The monoisotopic (exact) mass is 246 g/mol. The van der Waals surface area contributed by atoms with Crippen molar-refractivity contribution in [1.82, 2.24) is 9.97 Å². The van der Waals surface area contributed by atoms with E-state index in [1.807, 2.05) is 41.3 Å². The molecule has 19 heavy (non-hydrogen) atoms. The van der Waals surface area contributed by atoms with Gasteiger partial charge >= 0.3 is 0 Å². The maximum Gasteiger partial charge on any atom is 0.208 e. The van der Waals surface area contributed by atoms with Gasteiger partial charge in [0.05, 0.1) is 23.8 Å². The largest absolute Gasteiger partial charge is 0.324 e. The number of benzene rings is 2. The van der Waals surface area contributed by atoms with Gasteiger partial charge in [-0.1, -0.05) is 36.4 Å². The van der Waals surface area contributed by atoms with Crippen molar-refractivity contribution in [2.24, 2.45) is 0 Å². The number of rotatable bonds is 1. The highest BCUT2D eigenvalue weighted by Crippen LogP contribution is 2.24. The smallest absolute Gasteiger partial charge is 0.208 e. The second-order valence-corrected chi connectivity index (χ2v) is 4.64. The van der Waals surface area contributed by atoms with Crippen LogP contribution in [0.2, 0.25) is 0 Å². The van der Waals surface area contributed by atoms with Crippen LogP contribution >= 0.6 is 0 Å². The Morgan fingerprint density at radius 1 is 1.05 bits per heavy atom. The number of nitrogens with zero attached hydrogens (tertiary/aromatic N) is 2. The van der Waals surface area contributed by atoms with Gasteiger partial charge < -0.3 is 9.88 Å². The minimum absolute atomic E-state index is 0.798. The summed E-state index contributed by atoms with van der Waals surface area (Å²) < 4.78 is 0. The first kappa shape index (κ1) is 10.4. The summed E-state index contributed by atoms with van der Waals surface area (Å²) in [5.41, 5.74) is 4.56. The Kier molecular flexibility index (Phi) is 2.18. The topological polar surface area (TPSA) is 31.9 Å². The summed E-state index contributed by atoms with van der Waals surface area (Å²) in [7, 11) is 0. The van der Waals surface area contributed by atoms with Crippen molar-refractivity contribution in [3.8, 4) is 0 Å². The summed E-state index contributed by atoms with van der Waals surface area (Å²) in [6.07, 6.45) is 5.27. The van der Waals surface area contributed by atoms with E-state index in [9.17, 15) is 0 Å². The quantitative estimate of drug-likeness (QED) is 0.714. The zero-order valence-electron chi connectivity index (χ0n) is 10.3. The maximum absolute atomic E-state index is 4.60. The number of H-pyrrole nitrogens is 1. The van der Waals surface area contributed by atoms with Crippen LogP contribution in [-0.4, -0.2) is 9.97 Å². The van der Waals surface area contributed by atoms with E-state index in [-0.39, 0.29) is 0 Å². The number of fused-ring (bicyclic) bond motifs is 2. The van der Waals surface area contributed by atoms with Gasteiger partial charge in [0.15, 0.2) is 0 Å². The fourth-order valence-corrected chi connectivity index (χ4v) is 2.39. The number of aromatic amines is 1. The molecule has 0 unspecified atom stereocenters. The second-order valence-electron chi connectivity index (χ2n) is 4.64. The lowest BCUT2D eigenvalue weighted by Gasteiger charge is -2.21. The lowest BCUT2D eigenvalue weighted by molar-refractivity contribution is 0.897. The second kappa shape index (κ2) is 3.99. The Morgan fingerprint density at radius 3 is 2.84 bits per heavy atom. The van der Waals surface area contributed by atoms with E-state index in [4.69, 9.17) is 0 Å². The molecule has 0 atom stereocenters. The van der Waals surface area contributed by atoms with E-state index < -0.39 is 0 Å². The van der Waals surface area contributed by atoms with Crippen LogP contribution in [0.1, 0.15) is 11.1 Å². The van der Waals surface area contributed by atoms with Gasteiger partial charge in [0, 0.05) is 0 Å². The first-order valence-corrected chi connectivity index (χ1v) is 6.30. The molecular formula is C16H12N3. The SMILES string of the molecule is [C]1=Cc2ccccc2CN1c1nc2ccccc2[nH]1. The third-order valence-electron chi connectivity index (χ3n) is 3.39. The molecule has 3 aromatic rings. The van der Waals surface area contributed by atoms with Gasteiger partial charge in [0.1, 0.15) is 0 Å². The van der Waals surface area contributed by atoms with Gasteiger partial charge in [-0.15, -0.1) is 0 Å². The Hall–Kier alpha value is -2.55. The zero-order valence-corrected chi connectivity index (χ0v) is 10.3. The highest BCUT2D eigenvalue weighted by Gasteiger charge is 2.15. The first-order chi connectivity index (χ1) is 9.40. The average Bonchev–Trinajstić information content (AvgIpc) is 2.90. The summed E-state index contributed by atoms with van der Waals surface area (Å²) >= 11 is 0. The van der Waals surface area contributed by atoms with Crippen molar-refractivity contribution < 1.29 is 0 Å². The molecule has 0 saturated carbocycles. The number of anilines is 1. The summed E-state index contributed by atoms with van der Waals surface area (Å²) in [4.78, 5) is 9.94. The fourth-order valence-electron chi connectivity index (χ4n) is 2.39. The van der Waals surface area contributed by atoms with Crippen LogP contribution in [0.3, 0.4) is 0 Å². The normalized spacial score (nSPS) is 13.8. The van der Waals surface area contributed by atoms with Gasteiger partial charge in [-0.25, -0.2) is 4.98 Å². The van der Waals surface area contributed by atoms with Crippen molar-refractivity contribution >= 4 is 23.1 Å². The van der Waals surface area contributed by atoms with Gasteiger partial charge in [0.25, 0.3) is 0 Å². The van der Waals surface area contributed by atoms with Crippen molar-refractivity contribution in [3.05, 3.63) is 65.9 Å². The maximum atomic E-state index is 4.60. The fraction of sp³-hybridized carbons (Fsp3) is 0.0625. The van der Waals surface area contributed by atoms with E-state index in [0.29, 0.717) is 0 Å². The van der Waals surface area contributed by atoms with Crippen LogP contribution in [-0.2, 0) is 6.54 Å². The number of imidazole rings is 1. The molecular weight excluding hydrogens is 234 g/mol. The number of aromatic nitrogens is 2. The predicted octanol–water partition coefficient (Wildman–Crippen LogP) is 3.36. The average molecular weight is 246 g/mol. The minimum atomic E-state index is 0.798. The molecule has 1 aliphatic heterocycles. The molecule has 0 spiro atoms. The molecule has 3 nitrogen and oxygen atoms in total. The molecule has 4 rings (SSSR count). The standard InChI is InChI=1S/C16H12N3/c1-2-6-13-11-19(10-9-12(13)5-1)16-17-14-7-3-4-8-15(14)18-16/h1-9H,11H2,(H,17,18). The Labute approximate surface area is 111 Å². The van der Waals surface area contributed by atoms with Gasteiger partial charge in [-0.3, -0.25) is 0 Å². The van der Waals surface area contributed by atoms with Crippen LogP contribution in [0.4, 0.5) is 5.95 Å². The van der Waals surface area contributed by atoms with Crippen LogP contribution in [0.25, 0.3) is 17.1 Å². The Bertz CT molecular complexity index is 737. The lowest BCUT2D eigenvalue weighted by atomic mass is 10.0. The van der Waals surface area contributed by atoms with Crippen molar-refractivity contribution in [3.63, 3.8) is 0 Å². The summed E-state index contributed by atoms with van der Waals surface area (Å²) in [6.45, 7) is 0.798. The third kappa shape index (κ3) is 1.71. The molecule has 0 saturated heterocycles. The molecule has 0 amide bonds. The van der Waals surface area contributed by atoms with E-state index in [0.717, 1.165) is 23.5 Å². The highest BCUT2D eigenvalue weighted by atomic mass is 15.2. The van der Waals surface area contributed by atoms with Gasteiger partial charge in [-0.05, 0) is 29.3 Å². The van der Waals surface area contributed by atoms with E-state index in [1.165, 1.54) is 11.1 Å². The molecule has 1 aliphatic rings. The highest BCUT2D eigenvalue weighted by molar-refractivity contribution is 5.78. The predicted molar refractivity (Wildman–Crippen MR) is 76.4 cm³/mol. The van der Waals surface area contributed by atoms with Crippen molar-refractivity contribution in [1.29, 1.82) is 0 Å². The number of hydrogen-bond acceptors (Lipinski definition) is 2. The van der Waals surface area contributed by atoms with Crippen molar-refractivity contribution in [2.75, 3.05) is 4.90 Å². The molecule has 0 bridgehead atoms. The molecule has 0 aliphatic carbocycles. The molecule has 1 N–H and O–H groups in total. The summed E-state index contributed by atoms with van der Waals surface area (Å²) in [6, 6.07) is 16.4. The summed E-state index contributed by atoms with van der Waals surface area (Å²) in [5.74, 6) is 0.840. The van der Waals surface area contributed by atoms with E-state index >= 15 is 0 Å². The molecule has 2 aromatic carbocycles. The number of para-hydroxylation sites is 2. The zero-order chi connectivity index (χ0) is 12.7. The molecule has 2 heterocycles. The van der Waals surface area contributed by atoms with E-state index in [2.05, 4.69) is 34.4 Å². The minimum Gasteiger partial charge on any atom is -0.324 e. The molecule has 0 fully saturated rings. The molecule has 3 heteroatoms. The van der Waals surface area contributed by atoms with Crippen LogP contribution in [0.5, 0.6) is 0 Å². The van der Waals surface area contributed by atoms with Gasteiger partial charge in [0.2, 0.25) is 5.95 Å². The van der Waals surface area contributed by atoms with Crippen molar-refractivity contribution in [2.45, 2.75) is 6.54 Å². The lowest BCUT2D eigenvalue weighted by Crippen LogP contribution is -2.20. The molecule has 91 valence electrons. The van der Waals surface area contributed by atoms with Crippen LogP contribution in [0, 0.1) is 6.20 Å².